The van der Waals surface area contributed by atoms with E-state index >= 15 is 0 Å². The average molecular weight is 565 g/mol. The summed E-state index contributed by atoms with van der Waals surface area (Å²) in [6.07, 6.45) is 3.23. The van der Waals surface area contributed by atoms with E-state index in [4.69, 9.17) is 21.7 Å². The van der Waals surface area contributed by atoms with Gasteiger partial charge in [-0.05, 0) is 40.7 Å². The van der Waals surface area contributed by atoms with Crippen molar-refractivity contribution in [3.05, 3.63) is 47.3 Å². The molecule has 0 aliphatic carbocycles. The van der Waals surface area contributed by atoms with Crippen LogP contribution in [0.5, 0.6) is 17.2 Å². The third-order valence-electron chi connectivity index (χ3n) is 7.16. The highest BCUT2D eigenvalue weighted by Gasteiger charge is 2.25. The molecule has 0 radical (unpaired) electrons. The van der Waals surface area contributed by atoms with E-state index in [1.807, 2.05) is 18.2 Å². The first-order valence-electron chi connectivity index (χ1n) is 13.4. The molecule has 2 N–H and O–H groups in total. The van der Waals surface area contributed by atoms with Crippen LogP contribution in [0.2, 0.25) is 0 Å². The lowest BCUT2D eigenvalue weighted by Gasteiger charge is -2.36. The molecule has 0 atom stereocenters. The normalized spacial score (nSPS) is 14.6. The number of fused-ring (bicyclic) bond motifs is 1. The van der Waals surface area contributed by atoms with Crippen LogP contribution in [-0.2, 0) is 10.8 Å². The fourth-order valence-electron chi connectivity index (χ4n) is 4.73. The molecule has 0 saturated carbocycles. The van der Waals surface area contributed by atoms with Crippen molar-refractivity contribution in [2.45, 2.75) is 52.4 Å². The van der Waals surface area contributed by atoms with E-state index in [9.17, 15) is 5.11 Å². The summed E-state index contributed by atoms with van der Waals surface area (Å²) < 4.78 is 10.9. The number of hydrogen-bond donors (Lipinski definition) is 2. The Morgan fingerprint density at radius 1 is 0.950 bits per heavy atom. The van der Waals surface area contributed by atoms with Crippen molar-refractivity contribution in [2.24, 2.45) is 5.10 Å². The van der Waals surface area contributed by atoms with E-state index in [0.717, 1.165) is 40.9 Å². The highest BCUT2D eigenvalue weighted by molar-refractivity contribution is 7.80. The van der Waals surface area contributed by atoms with Crippen molar-refractivity contribution < 1.29 is 14.6 Å². The van der Waals surface area contributed by atoms with Gasteiger partial charge in [0, 0.05) is 48.8 Å². The number of phenolic OH excluding ortho intramolecular Hbond substituents is 1. The van der Waals surface area contributed by atoms with E-state index in [1.54, 1.807) is 26.8 Å². The van der Waals surface area contributed by atoms with Crippen LogP contribution in [0.4, 0.5) is 5.82 Å². The van der Waals surface area contributed by atoms with Crippen LogP contribution < -0.4 is 19.8 Å². The number of anilines is 1. The number of benzene rings is 2. The summed E-state index contributed by atoms with van der Waals surface area (Å²) in [4.78, 5) is 13.3. The Hall–Kier alpha value is -3.66. The molecule has 0 amide bonds. The Kier molecular flexibility index (Phi) is 8.39. The Morgan fingerprint density at radius 3 is 2.20 bits per heavy atom. The van der Waals surface area contributed by atoms with E-state index < -0.39 is 0 Å². The maximum absolute atomic E-state index is 11.0. The lowest BCUT2D eigenvalue weighted by molar-refractivity contribution is 0.355. The van der Waals surface area contributed by atoms with Crippen LogP contribution in [0.15, 0.2) is 35.7 Å². The molecule has 9 nitrogen and oxygen atoms in total. The molecule has 1 fully saturated rings. The molecule has 40 heavy (non-hydrogen) atoms. The lowest BCUT2D eigenvalue weighted by Crippen LogP contribution is -2.51. The van der Waals surface area contributed by atoms with Gasteiger partial charge in [0.15, 0.2) is 16.6 Å². The molecular weight excluding hydrogens is 524 g/mol. The van der Waals surface area contributed by atoms with Crippen LogP contribution >= 0.6 is 12.2 Å². The van der Waals surface area contributed by atoms with Crippen molar-refractivity contribution in [3.63, 3.8) is 0 Å². The summed E-state index contributed by atoms with van der Waals surface area (Å²) in [6.45, 7) is 15.7. The fourth-order valence-corrected chi connectivity index (χ4v) is 4.97. The van der Waals surface area contributed by atoms with E-state index in [2.05, 4.69) is 77.9 Å². The fraction of sp³-hybridized carbons (Fsp3) is 0.467. The molecule has 3 aromatic rings. The van der Waals surface area contributed by atoms with Crippen LogP contribution in [0, 0.1) is 0 Å². The van der Waals surface area contributed by atoms with E-state index in [0.29, 0.717) is 35.3 Å². The quantitative estimate of drug-likeness (QED) is 0.253. The van der Waals surface area contributed by atoms with Crippen molar-refractivity contribution in [1.29, 1.82) is 0 Å². The lowest BCUT2D eigenvalue weighted by atomic mass is 9.79. The smallest absolute Gasteiger partial charge is 0.189 e. The summed E-state index contributed by atoms with van der Waals surface area (Å²) >= 11 is 5.65. The molecule has 4 rings (SSSR count). The molecular formula is C30H40N6O3S. The first kappa shape index (κ1) is 29.3. The number of ether oxygens (including phenoxy) is 2. The van der Waals surface area contributed by atoms with Gasteiger partial charge in [-0.2, -0.15) is 5.10 Å². The number of methoxy groups -OCH3 is 2. The topological polar surface area (TPSA) is 95.3 Å². The molecule has 1 aliphatic heterocycles. The number of nitrogens with zero attached hydrogens (tertiary/aromatic N) is 5. The molecule has 2 aromatic carbocycles. The van der Waals surface area contributed by atoms with Crippen LogP contribution in [0.25, 0.3) is 10.9 Å². The molecule has 1 aromatic heterocycles. The number of hydrazone groups is 1. The Bertz CT molecular complexity index is 1420. The van der Waals surface area contributed by atoms with Gasteiger partial charge in [-0.25, -0.2) is 9.97 Å². The summed E-state index contributed by atoms with van der Waals surface area (Å²) in [5.41, 5.74) is 6.23. The predicted molar refractivity (Wildman–Crippen MR) is 165 cm³/mol. The molecule has 1 aliphatic rings. The number of thiocarbonyl (C=S) groups is 1. The van der Waals surface area contributed by atoms with Gasteiger partial charge >= 0.3 is 0 Å². The van der Waals surface area contributed by atoms with Crippen LogP contribution in [-0.4, -0.2) is 71.7 Å². The number of piperazine rings is 1. The number of nitrogens with one attached hydrogen (secondary N) is 1. The number of aromatic hydroxyl groups is 1. The van der Waals surface area contributed by atoms with Gasteiger partial charge in [0.2, 0.25) is 0 Å². The maximum Gasteiger partial charge on any atom is 0.189 e. The first-order valence-corrected chi connectivity index (χ1v) is 13.8. The minimum atomic E-state index is -0.206. The first-order chi connectivity index (χ1) is 18.8. The van der Waals surface area contributed by atoms with Gasteiger partial charge in [-0.1, -0.05) is 47.6 Å². The SMILES string of the molecule is COc1cc2ncnc(N3CCN(C(=S)NN=Cc4cc(C(C)(C)C)cc(C(C)(C)C)c4O)CC3)c2cc1OC. The second-order valence-electron chi connectivity index (χ2n) is 12.0. The van der Waals surface area contributed by atoms with E-state index in [1.165, 1.54) is 0 Å². The molecule has 1 saturated heterocycles. The third kappa shape index (κ3) is 6.22. The van der Waals surface area contributed by atoms with Crippen molar-refractivity contribution in [3.8, 4) is 17.2 Å². The Balaban J connectivity index is 1.45. The Morgan fingerprint density at radius 2 is 1.60 bits per heavy atom. The zero-order valence-corrected chi connectivity index (χ0v) is 25.5. The molecule has 2 heterocycles. The largest absolute Gasteiger partial charge is 0.507 e. The monoisotopic (exact) mass is 564 g/mol. The summed E-state index contributed by atoms with van der Waals surface area (Å²) in [5.74, 6) is 2.37. The van der Waals surface area contributed by atoms with Crippen LogP contribution in [0.3, 0.4) is 0 Å². The predicted octanol–water partition coefficient (Wildman–Crippen LogP) is 4.98. The number of hydrogen-bond acceptors (Lipinski definition) is 8. The van der Waals surface area contributed by atoms with Crippen molar-refractivity contribution in [2.75, 3.05) is 45.3 Å². The second kappa shape index (κ2) is 11.4. The highest BCUT2D eigenvalue weighted by atomic mass is 32.1. The van der Waals surface area contributed by atoms with Gasteiger partial charge in [0.25, 0.3) is 0 Å². The Labute approximate surface area is 242 Å². The number of phenols is 1. The van der Waals surface area contributed by atoms with Gasteiger partial charge in [-0.3, -0.25) is 5.43 Å². The van der Waals surface area contributed by atoms with Gasteiger partial charge in [0.1, 0.15) is 17.9 Å². The average Bonchev–Trinajstić information content (AvgIpc) is 2.91. The van der Waals surface area contributed by atoms with Gasteiger partial charge in [0.05, 0.1) is 26.0 Å². The van der Waals surface area contributed by atoms with Crippen molar-refractivity contribution >= 4 is 40.3 Å². The van der Waals surface area contributed by atoms with Gasteiger partial charge in [-0.15, -0.1) is 0 Å². The number of aromatic nitrogens is 2. The zero-order valence-electron chi connectivity index (χ0n) is 24.7. The van der Waals surface area contributed by atoms with Crippen molar-refractivity contribution in [1.82, 2.24) is 20.3 Å². The zero-order chi connectivity index (χ0) is 29.2. The molecule has 214 valence electrons. The number of rotatable bonds is 5. The third-order valence-corrected chi connectivity index (χ3v) is 7.51. The minimum absolute atomic E-state index is 0.0646. The maximum atomic E-state index is 11.0. The van der Waals surface area contributed by atoms with E-state index in [-0.39, 0.29) is 16.6 Å². The standard InChI is InChI=1S/C30H40N6O3S/c1-29(2,3)20-13-19(26(37)22(14-20)30(4,5)6)17-33-34-28(40)36-11-9-35(10-12-36)27-21-15-24(38-7)25(39-8)16-23(21)31-18-32-27/h13-18,37H,9-12H2,1-8H3,(H,34,40). The van der Waals surface area contributed by atoms with Crippen LogP contribution in [0.1, 0.15) is 58.2 Å². The second-order valence-corrected chi connectivity index (χ2v) is 12.4. The summed E-state index contributed by atoms with van der Waals surface area (Å²) in [7, 11) is 3.23. The highest BCUT2D eigenvalue weighted by Crippen LogP contribution is 2.37. The minimum Gasteiger partial charge on any atom is -0.507 e. The summed E-state index contributed by atoms with van der Waals surface area (Å²) in [6, 6.07) is 7.88. The summed E-state index contributed by atoms with van der Waals surface area (Å²) in [5, 5.41) is 16.9. The molecule has 10 heteroatoms. The van der Waals surface area contributed by atoms with Gasteiger partial charge < -0.3 is 24.4 Å². The molecule has 0 spiro atoms. The molecule has 0 bridgehead atoms. The molecule has 0 unspecified atom stereocenters.